The summed E-state index contributed by atoms with van der Waals surface area (Å²) in [5.74, 6) is 0.116. The van der Waals surface area contributed by atoms with Gasteiger partial charge in [0.2, 0.25) is 0 Å². The number of ether oxygens (including phenoxy) is 3. The summed E-state index contributed by atoms with van der Waals surface area (Å²) in [4.78, 5) is 23.7. The summed E-state index contributed by atoms with van der Waals surface area (Å²) in [5, 5.41) is 20.4. The number of hydrogen-bond acceptors (Lipinski definition) is 8. The molecular weight excluding hydrogens is 420 g/mol. The molecule has 0 aliphatic rings. The van der Waals surface area contributed by atoms with E-state index in [0.717, 1.165) is 0 Å². The Hall–Kier alpha value is -3.22. The molecule has 0 spiro atoms. The van der Waals surface area contributed by atoms with Crippen LogP contribution in [0.15, 0.2) is 48.5 Å². The molecule has 0 unspecified atom stereocenters. The van der Waals surface area contributed by atoms with Gasteiger partial charge in [0, 0.05) is 5.69 Å². The van der Waals surface area contributed by atoms with Crippen LogP contribution in [0.1, 0.15) is 30.1 Å². The van der Waals surface area contributed by atoms with Crippen LogP contribution in [0.2, 0.25) is 0 Å². The molecule has 1 amide bonds. The van der Waals surface area contributed by atoms with Crippen LogP contribution in [0.5, 0.6) is 5.75 Å². The van der Waals surface area contributed by atoms with E-state index in [4.69, 9.17) is 24.6 Å². The fourth-order valence-corrected chi connectivity index (χ4v) is 2.76. The number of benzene rings is 2. The van der Waals surface area contributed by atoms with E-state index in [9.17, 15) is 9.59 Å². The number of nitrogens with one attached hydrogen (secondary N) is 1. The number of thiol groups is 1. The van der Waals surface area contributed by atoms with Gasteiger partial charge in [0.15, 0.2) is 0 Å². The average Bonchev–Trinajstić information content (AvgIpc) is 2.80. The minimum Gasteiger partial charge on any atom is -0.491 e. The molecule has 8 nitrogen and oxygen atoms in total. The topological polar surface area (TPSA) is 118 Å². The first-order valence-corrected chi connectivity index (χ1v) is 10.3. The zero-order chi connectivity index (χ0) is 22.5. The normalized spacial score (nSPS) is 11.1. The molecular formula is C22H24N2O6S. The van der Waals surface area contributed by atoms with Crippen molar-refractivity contribution in [2.45, 2.75) is 18.9 Å². The van der Waals surface area contributed by atoms with Gasteiger partial charge < -0.3 is 19.3 Å². The van der Waals surface area contributed by atoms with E-state index in [-0.39, 0.29) is 25.6 Å². The molecule has 0 saturated heterocycles. The van der Waals surface area contributed by atoms with Gasteiger partial charge in [-0.3, -0.25) is 10.1 Å². The molecule has 0 fully saturated rings. The Balaban J connectivity index is 2.06. The van der Waals surface area contributed by atoms with Crippen LogP contribution in [0.3, 0.4) is 0 Å². The number of esters is 1. The van der Waals surface area contributed by atoms with E-state index in [1.807, 2.05) is 6.07 Å². The van der Waals surface area contributed by atoms with Crippen molar-refractivity contribution in [3.05, 3.63) is 59.7 Å². The molecule has 0 aromatic heterocycles. The number of aliphatic hydroxyl groups excluding tert-OH is 1. The molecule has 0 saturated carbocycles. The van der Waals surface area contributed by atoms with Crippen LogP contribution in [0.4, 0.5) is 10.5 Å². The second kappa shape index (κ2) is 13.2. The van der Waals surface area contributed by atoms with E-state index < -0.39 is 18.2 Å². The summed E-state index contributed by atoms with van der Waals surface area (Å²) in [6.07, 6.45) is -0.408. The zero-order valence-electron chi connectivity index (χ0n) is 16.8. The number of nitrogens with zero attached hydrogens (tertiary/aromatic N) is 1. The van der Waals surface area contributed by atoms with Crippen molar-refractivity contribution in [2.75, 3.05) is 30.9 Å². The van der Waals surface area contributed by atoms with Crippen molar-refractivity contribution in [3.63, 3.8) is 0 Å². The highest BCUT2D eigenvalue weighted by Gasteiger charge is 2.18. The summed E-state index contributed by atoms with van der Waals surface area (Å²) < 4.78 is 16.1. The second-order valence-electron chi connectivity index (χ2n) is 6.37. The first kappa shape index (κ1) is 24.1. The van der Waals surface area contributed by atoms with Gasteiger partial charge in [0.1, 0.15) is 18.5 Å². The van der Waals surface area contributed by atoms with E-state index in [1.54, 1.807) is 48.5 Å². The largest absolute Gasteiger partial charge is 0.491 e. The van der Waals surface area contributed by atoms with Crippen molar-refractivity contribution in [3.8, 4) is 11.8 Å². The summed E-state index contributed by atoms with van der Waals surface area (Å²) in [7, 11) is 0. The van der Waals surface area contributed by atoms with Crippen LogP contribution >= 0.6 is 12.6 Å². The number of amides is 1. The van der Waals surface area contributed by atoms with Gasteiger partial charge in [-0.25, -0.2) is 4.79 Å². The maximum atomic E-state index is 12.4. The monoisotopic (exact) mass is 444 g/mol. The average molecular weight is 445 g/mol. The maximum absolute atomic E-state index is 12.4. The van der Waals surface area contributed by atoms with Gasteiger partial charge in [-0.1, -0.05) is 12.1 Å². The molecule has 31 heavy (non-hydrogen) atoms. The number of carbonyl (C=O) groups is 2. The fourth-order valence-electron chi connectivity index (χ4n) is 2.67. The molecule has 1 atom stereocenters. The molecule has 2 rings (SSSR count). The molecule has 0 radical (unpaired) electrons. The molecule has 0 bridgehead atoms. The summed E-state index contributed by atoms with van der Waals surface area (Å²) in [5.41, 5.74) is 1.67. The van der Waals surface area contributed by atoms with Crippen molar-refractivity contribution in [1.29, 1.82) is 5.26 Å². The van der Waals surface area contributed by atoms with E-state index in [2.05, 4.69) is 17.9 Å². The van der Waals surface area contributed by atoms with Crippen molar-refractivity contribution >= 4 is 30.4 Å². The highest BCUT2D eigenvalue weighted by Crippen LogP contribution is 2.27. The fraction of sp³-hybridized carbons (Fsp3) is 0.318. The number of aliphatic hydroxyl groups is 1. The van der Waals surface area contributed by atoms with Crippen LogP contribution in [0.25, 0.3) is 0 Å². The third-order valence-corrected chi connectivity index (χ3v) is 4.36. The highest BCUT2D eigenvalue weighted by atomic mass is 32.1. The molecule has 2 aromatic carbocycles. The Morgan fingerprint density at radius 1 is 1.16 bits per heavy atom. The number of carbonyl (C=O) groups excluding carboxylic acids is 2. The first-order valence-electron chi connectivity index (χ1n) is 9.63. The SMILES string of the molecule is N#Cc1ccc(NC(=O)O[C@H](CCCOC(=O)CS)c2cccc(OCCO)c2)cc1. The van der Waals surface area contributed by atoms with E-state index >= 15 is 0 Å². The molecule has 2 N–H and O–H groups in total. The van der Waals surface area contributed by atoms with Gasteiger partial charge in [-0.2, -0.15) is 17.9 Å². The van der Waals surface area contributed by atoms with Crippen molar-refractivity contribution in [2.24, 2.45) is 0 Å². The lowest BCUT2D eigenvalue weighted by molar-refractivity contribution is -0.140. The van der Waals surface area contributed by atoms with Crippen molar-refractivity contribution in [1.82, 2.24) is 0 Å². The lowest BCUT2D eigenvalue weighted by Gasteiger charge is -2.19. The minimum atomic E-state index is -0.663. The molecule has 164 valence electrons. The molecule has 0 aliphatic carbocycles. The highest BCUT2D eigenvalue weighted by molar-refractivity contribution is 7.81. The van der Waals surface area contributed by atoms with Crippen LogP contribution in [0, 0.1) is 11.3 Å². The number of nitriles is 1. The minimum absolute atomic E-state index is 0.00281. The van der Waals surface area contributed by atoms with Gasteiger partial charge in [-0.15, -0.1) is 0 Å². The standard InChI is InChI=1S/C22H24N2O6S/c23-14-16-6-8-18(9-7-16)24-22(27)30-20(5-2-11-29-21(26)15-31)17-3-1-4-19(13-17)28-12-10-25/h1,3-4,6-9,13,20,25,31H,2,5,10-12,15H2,(H,24,27)/t20-/m1/s1. The van der Waals surface area contributed by atoms with Crippen LogP contribution < -0.4 is 10.1 Å². The number of anilines is 1. The number of hydrogen-bond donors (Lipinski definition) is 3. The summed E-state index contributed by atoms with van der Waals surface area (Å²) in [6.45, 7) is 0.207. The molecule has 2 aromatic rings. The van der Waals surface area contributed by atoms with E-state index in [1.165, 1.54) is 0 Å². The Morgan fingerprint density at radius 3 is 2.61 bits per heavy atom. The molecule has 9 heteroatoms. The van der Waals surface area contributed by atoms with Crippen LogP contribution in [-0.2, 0) is 14.3 Å². The van der Waals surface area contributed by atoms with Gasteiger partial charge in [0.05, 0.1) is 30.6 Å². The third-order valence-electron chi connectivity index (χ3n) is 4.10. The molecule has 0 heterocycles. The summed E-state index contributed by atoms with van der Waals surface area (Å²) >= 11 is 3.86. The Bertz CT molecular complexity index is 898. The quantitative estimate of drug-likeness (QED) is 0.276. The van der Waals surface area contributed by atoms with E-state index in [0.29, 0.717) is 35.4 Å². The maximum Gasteiger partial charge on any atom is 0.412 e. The van der Waals surface area contributed by atoms with Crippen LogP contribution in [-0.4, -0.2) is 42.7 Å². The predicted molar refractivity (Wildman–Crippen MR) is 117 cm³/mol. The summed E-state index contributed by atoms with van der Waals surface area (Å²) in [6, 6.07) is 15.4. The predicted octanol–water partition coefficient (Wildman–Crippen LogP) is 3.47. The van der Waals surface area contributed by atoms with Gasteiger partial charge >= 0.3 is 12.1 Å². The van der Waals surface area contributed by atoms with Gasteiger partial charge in [-0.05, 0) is 54.8 Å². The Labute approximate surface area is 186 Å². The van der Waals surface area contributed by atoms with Gasteiger partial charge in [0.25, 0.3) is 0 Å². The number of rotatable bonds is 11. The van der Waals surface area contributed by atoms with Crippen molar-refractivity contribution < 1.29 is 28.9 Å². The Morgan fingerprint density at radius 2 is 1.94 bits per heavy atom. The Kier molecular flexibility index (Phi) is 10.2. The first-order chi connectivity index (χ1) is 15.0. The lowest BCUT2D eigenvalue weighted by atomic mass is 10.0. The second-order valence-corrected chi connectivity index (χ2v) is 6.69. The third kappa shape index (κ3) is 8.58. The smallest absolute Gasteiger partial charge is 0.412 e. The zero-order valence-corrected chi connectivity index (χ0v) is 17.7. The molecule has 0 aliphatic heterocycles. The lowest BCUT2D eigenvalue weighted by Crippen LogP contribution is -2.18.